The third kappa shape index (κ3) is 3.47. The summed E-state index contributed by atoms with van der Waals surface area (Å²) in [4.78, 5) is 2.41. The second-order valence-corrected chi connectivity index (χ2v) is 8.29. The number of aliphatic hydroxyl groups excluding tert-OH is 1. The first-order chi connectivity index (χ1) is 10.6. The normalized spacial score (nSPS) is 21.7. The Morgan fingerprint density at radius 2 is 2.00 bits per heavy atom. The summed E-state index contributed by atoms with van der Waals surface area (Å²) in [7, 11) is 0. The average Bonchev–Trinajstić information content (AvgIpc) is 2.50. The Morgan fingerprint density at radius 3 is 2.59 bits per heavy atom. The van der Waals surface area contributed by atoms with Gasteiger partial charge in [-0.15, -0.1) is 0 Å². The van der Waals surface area contributed by atoms with E-state index in [1.165, 1.54) is 44.9 Å². The molecule has 122 valence electrons. The first kappa shape index (κ1) is 16.6. The lowest BCUT2D eigenvalue weighted by molar-refractivity contribution is 0.0289. The summed E-state index contributed by atoms with van der Waals surface area (Å²) in [5.74, 6) is 0.811. The fraction of sp³-hybridized carbons (Fsp3) is 0.667. The van der Waals surface area contributed by atoms with Gasteiger partial charge in [0.2, 0.25) is 0 Å². The van der Waals surface area contributed by atoms with Gasteiger partial charge >= 0.3 is 0 Å². The SMILES string of the molecule is OCC1(CCC2CCN(c3cccc(Br)c3Cl)CC2)CCC1. The molecule has 1 aromatic rings. The Kier molecular flexibility index (Phi) is 5.36. The van der Waals surface area contributed by atoms with Crippen LogP contribution in [-0.2, 0) is 0 Å². The zero-order valence-electron chi connectivity index (χ0n) is 13.0. The predicted octanol–water partition coefficient (Wildman–Crippen LogP) is 5.26. The smallest absolute Gasteiger partial charge is 0.0781 e. The van der Waals surface area contributed by atoms with E-state index < -0.39 is 0 Å². The van der Waals surface area contributed by atoms with Gasteiger partial charge in [-0.1, -0.05) is 24.1 Å². The molecule has 1 aliphatic carbocycles. The van der Waals surface area contributed by atoms with E-state index in [4.69, 9.17) is 11.6 Å². The number of hydrogen-bond donors (Lipinski definition) is 1. The highest BCUT2D eigenvalue weighted by molar-refractivity contribution is 9.10. The summed E-state index contributed by atoms with van der Waals surface area (Å²) in [5.41, 5.74) is 1.44. The largest absolute Gasteiger partial charge is 0.396 e. The van der Waals surface area contributed by atoms with Crippen molar-refractivity contribution in [1.29, 1.82) is 0 Å². The van der Waals surface area contributed by atoms with Gasteiger partial charge in [-0.05, 0) is 77.9 Å². The minimum absolute atomic E-state index is 0.282. The summed E-state index contributed by atoms with van der Waals surface area (Å²) >= 11 is 9.92. The van der Waals surface area contributed by atoms with Crippen molar-refractivity contribution in [2.75, 3.05) is 24.6 Å². The highest BCUT2D eigenvalue weighted by atomic mass is 79.9. The zero-order chi connectivity index (χ0) is 15.6. The lowest BCUT2D eigenvalue weighted by Gasteiger charge is -2.42. The molecule has 1 aliphatic heterocycles. The third-order valence-corrected chi connectivity index (χ3v) is 7.01. The van der Waals surface area contributed by atoms with Gasteiger partial charge in [-0.2, -0.15) is 0 Å². The molecule has 0 bridgehead atoms. The van der Waals surface area contributed by atoms with Crippen molar-refractivity contribution in [3.63, 3.8) is 0 Å². The molecule has 0 radical (unpaired) electrons. The molecule has 1 aromatic carbocycles. The van der Waals surface area contributed by atoms with Crippen LogP contribution in [0.4, 0.5) is 5.69 Å². The summed E-state index contributed by atoms with van der Waals surface area (Å²) < 4.78 is 0.976. The number of piperidine rings is 1. The quantitative estimate of drug-likeness (QED) is 0.746. The van der Waals surface area contributed by atoms with E-state index in [0.717, 1.165) is 34.2 Å². The molecular weight excluding hydrogens is 362 g/mol. The van der Waals surface area contributed by atoms with Crippen LogP contribution in [0, 0.1) is 11.3 Å². The van der Waals surface area contributed by atoms with E-state index in [9.17, 15) is 5.11 Å². The van der Waals surface area contributed by atoms with Gasteiger partial charge in [0.15, 0.2) is 0 Å². The lowest BCUT2D eigenvalue weighted by Crippen LogP contribution is -2.36. The van der Waals surface area contributed by atoms with Gasteiger partial charge in [0.05, 0.1) is 10.7 Å². The van der Waals surface area contributed by atoms with Crippen molar-refractivity contribution in [2.24, 2.45) is 11.3 Å². The molecule has 0 atom stereocenters. The van der Waals surface area contributed by atoms with Crippen LogP contribution in [0.3, 0.4) is 0 Å². The minimum atomic E-state index is 0.282. The van der Waals surface area contributed by atoms with Gasteiger partial charge < -0.3 is 10.0 Å². The van der Waals surface area contributed by atoms with Crippen molar-refractivity contribution in [2.45, 2.75) is 44.9 Å². The van der Waals surface area contributed by atoms with Crippen molar-refractivity contribution in [3.05, 3.63) is 27.7 Å². The molecule has 1 saturated carbocycles. The second kappa shape index (κ2) is 7.11. The molecule has 0 unspecified atom stereocenters. The summed E-state index contributed by atoms with van der Waals surface area (Å²) in [6.45, 7) is 2.57. The number of hydrogen-bond acceptors (Lipinski definition) is 2. The topological polar surface area (TPSA) is 23.5 Å². The van der Waals surface area contributed by atoms with Crippen molar-refractivity contribution in [3.8, 4) is 0 Å². The van der Waals surface area contributed by atoms with E-state index in [1.807, 2.05) is 6.07 Å². The standard InChI is InChI=1S/C18H25BrClNO/c19-15-3-1-4-16(17(15)20)21-11-6-14(7-12-21)5-10-18(13-22)8-2-9-18/h1,3-4,14,22H,2,5-13H2. The van der Waals surface area contributed by atoms with Crippen molar-refractivity contribution in [1.82, 2.24) is 0 Å². The van der Waals surface area contributed by atoms with Crippen LogP contribution < -0.4 is 4.90 Å². The number of aliphatic hydroxyl groups is 1. The predicted molar refractivity (Wildman–Crippen MR) is 96.7 cm³/mol. The molecule has 1 heterocycles. The lowest BCUT2D eigenvalue weighted by atomic mass is 9.65. The average molecular weight is 387 g/mol. The molecule has 22 heavy (non-hydrogen) atoms. The highest BCUT2D eigenvalue weighted by Gasteiger charge is 2.36. The molecule has 0 spiro atoms. The van der Waals surface area contributed by atoms with Crippen LogP contribution in [0.15, 0.2) is 22.7 Å². The molecule has 1 N–H and O–H groups in total. The van der Waals surface area contributed by atoms with E-state index >= 15 is 0 Å². The Hall–Kier alpha value is -0.250. The van der Waals surface area contributed by atoms with Gasteiger partial charge in [0.25, 0.3) is 0 Å². The van der Waals surface area contributed by atoms with Gasteiger partial charge in [-0.25, -0.2) is 0 Å². The molecule has 2 aliphatic rings. The van der Waals surface area contributed by atoms with Gasteiger partial charge in [-0.3, -0.25) is 0 Å². The van der Waals surface area contributed by atoms with Gasteiger partial charge in [0, 0.05) is 24.2 Å². The van der Waals surface area contributed by atoms with Crippen LogP contribution in [0.1, 0.15) is 44.9 Å². The molecule has 0 aromatic heterocycles. The maximum Gasteiger partial charge on any atom is 0.0781 e. The van der Waals surface area contributed by atoms with Crippen LogP contribution in [-0.4, -0.2) is 24.8 Å². The molecule has 1 saturated heterocycles. The maximum absolute atomic E-state index is 9.59. The first-order valence-corrected chi connectivity index (χ1v) is 9.60. The van der Waals surface area contributed by atoms with E-state index in [1.54, 1.807) is 0 Å². The highest BCUT2D eigenvalue weighted by Crippen LogP contribution is 2.45. The van der Waals surface area contributed by atoms with Crippen LogP contribution in [0.5, 0.6) is 0 Å². The molecule has 0 amide bonds. The first-order valence-electron chi connectivity index (χ1n) is 8.43. The van der Waals surface area contributed by atoms with Crippen LogP contribution >= 0.6 is 27.5 Å². The summed E-state index contributed by atoms with van der Waals surface area (Å²) in [6.07, 6.45) is 8.74. The number of anilines is 1. The Morgan fingerprint density at radius 1 is 1.27 bits per heavy atom. The van der Waals surface area contributed by atoms with Crippen LogP contribution in [0.25, 0.3) is 0 Å². The minimum Gasteiger partial charge on any atom is -0.396 e. The Bertz CT molecular complexity index is 504. The van der Waals surface area contributed by atoms with Crippen LogP contribution in [0.2, 0.25) is 5.02 Å². The monoisotopic (exact) mass is 385 g/mol. The van der Waals surface area contributed by atoms with Gasteiger partial charge in [0.1, 0.15) is 0 Å². The third-order valence-electron chi connectivity index (χ3n) is 5.72. The Labute approximate surface area is 147 Å². The fourth-order valence-electron chi connectivity index (χ4n) is 3.87. The maximum atomic E-state index is 9.59. The van der Waals surface area contributed by atoms with E-state index in [2.05, 4.69) is 33.0 Å². The number of nitrogens with zero attached hydrogens (tertiary/aromatic N) is 1. The molecule has 2 nitrogen and oxygen atoms in total. The van der Waals surface area contributed by atoms with Crippen molar-refractivity contribution >= 4 is 33.2 Å². The number of benzene rings is 1. The van der Waals surface area contributed by atoms with E-state index in [0.29, 0.717) is 6.61 Å². The van der Waals surface area contributed by atoms with Crippen molar-refractivity contribution < 1.29 is 5.11 Å². The number of halogens is 2. The molecule has 2 fully saturated rings. The molecular formula is C18H25BrClNO. The molecule has 3 rings (SSSR count). The second-order valence-electron chi connectivity index (χ2n) is 7.05. The van der Waals surface area contributed by atoms with E-state index in [-0.39, 0.29) is 5.41 Å². The Balaban J connectivity index is 1.51. The summed E-state index contributed by atoms with van der Waals surface area (Å²) in [5, 5.41) is 10.4. The molecule has 4 heteroatoms. The fourth-order valence-corrected chi connectivity index (χ4v) is 4.47. The number of rotatable bonds is 5. The zero-order valence-corrected chi connectivity index (χ0v) is 15.4. The summed E-state index contributed by atoms with van der Waals surface area (Å²) in [6, 6.07) is 6.16.